The average Bonchev–Trinajstić information content (AvgIpc) is 2.84. The molecule has 0 aliphatic heterocycles. The molecule has 32 heavy (non-hydrogen) atoms. The molecule has 1 aliphatic carbocycles. The van der Waals surface area contributed by atoms with Crippen LogP contribution in [0.25, 0.3) is 0 Å². The van der Waals surface area contributed by atoms with Crippen molar-refractivity contribution in [3.05, 3.63) is 34.9 Å². The number of aliphatic hydroxyl groups is 2. The fourth-order valence-corrected chi connectivity index (χ4v) is 4.81. The van der Waals surface area contributed by atoms with Crippen LogP contribution in [0.2, 0.25) is 0 Å². The summed E-state index contributed by atoms with van der Waals surface area (Å²) in [7, 11) is 9.38. The molecule has 0 fully saturated rings. The predicted octanol–water partition coefficient (Wildman–Crippen LogP) is 2.64. The minimum atomic E-state index is -0.329. The van der Waals surface area contributed by atoms with Gasteiger partial charge in [0.1, 0.15) is 0 Å². The van der Waals surface area contributed by atoms with E-state index in [1.165, 1.54) is 0 Å². The van der Waals surface area contributed by atoms with Crippen LogP contribution in [-0.4, -0.2) is 66.1 Å². The second kappa shape index (κ2) is 10.2. The molecule has 0 aromatic heterocycles. The molecule has 2 aromatic rings. The zero-order chi connectivity index (χ0) is 23.4. The van der Waals surface area contributed by atoms with Crippen LogP contribution in [0, 0.1) is 11.8 Å². The van der Waals surface area contributed by atoms with Crippen LogP contribution in [0.5, 0.6) is 34.5 Å². The molecule has 176 valence electrons. The van der Waals surface area contributed by atoms with E-state index in [9.17, 15) is 10.2 Å². The zero-order valence-electron chi connectivity index (χ0n) is 19.4. The number of benzene rings is 2. The van der Waals surface area contributed by atoms with Crippen molar-refractivity contribution >= 4 is 0 Å². The number of ether oxygens (including phenoxy) is 6. The largest absolute Gasteiger partial charge is 0.493 e. The highest BCUT2D eigenvalue weighted by Gasteiger charge is 2.41. The minimum absolute atomic E-state index is 0.0672. The van der Waals surface area contributed by atoms with E-state index in [0.29, 0.717) is 40.9 Å². The number of aliphatic hydroxyl groups excluding tert-OH is 2. The molecule has 0 saturated carbocycles. The van der Waals surface area contributed by atoms with Gasteiger partial charge in [0, 0.05) is 24.7 Å². The highest BCUT2D eigenvalue weighted by molar-refractivity contribution is 5.64. The average molecular weight is 449 g/mol. The van der Waals surface area contributed by atoms with Gasteiger partial charge in [0.05, 0.1) is 42.7 Å². The van der Waals surface area contributed by atoms with Crippen LogP contribution in [-0.2, 0) is 6.42 Å². The molecule has 8 nitrogen and oxygen atoms in total. The molecule has 1 aliphatic rings. The standard InChI is InChI=1S/C24H32O8/c1-27-17-9-14(10-18(28-2)22(17)30-4)20-16(12-26)15(11-25)7-13-8-19(29-3)23(31-5)24(32-6)21(13)20/h8-10,15-16,20,25-26H,7,11-12H2,1-6H3/t15-,16+,20+/m0/s1. The lowest BCUT2D eigenvalue weighted by Gasteiger charge is -2.40. The molecule has 0 saturated heterocycles. The van der Waals surface area contributed by atoms with Crippen LogP contribution in [0.3, 0.4) is 0 Å². The summed E-state index contributed by atoms with van der Waals surface area (Å²) >= 11 is 0. The van der Waals surface area contributed by atoms with Crippen molar-refractivity contribution in [1.82, 2.24) is 0 Å². The van der Waals surface area contributed by atoms with Crippen LogP contribution in [0.4, 0.5) is 0 Å². The maximum absolute atomic E-state index is 10.4. The Labute approximate surface area is 188 Å². The summed E-state index contributed by atoms with van der Waals surface area (Å²) < 4.78 is 33.6. The topological polar surface area (TPSA) is 95.8 Å². The van der Waals surface area contributed by atoms with Crippen molar-refractivity contribution in [3.63, 3.8) is 0 Å². The van der Waals surface area contributed by atoms with Crippen molar-refractivity contribution < 1.29 is 38.6 Å². The van der Waals surface area contributed by atoms with Crippen molar-refractivity contribution in [2.24, 2.45) is 11.8 Å². The number of hydrogen-bond donors (Lipinski definition) is 2. The molecule has 0 heterocycles. The van der Waals surface area contributed by atoms with E-state index < -0.39 is 0 Å². The molecule has 2 N–H and O–H groups in total. The van der Waals surface area contributed by atoms with Gasteiger partial charge < -0.3 is 38.6 Å². The molecule has 0 bridgehead atoms. The quantitative estimate of drug-likeness (QED) is 0.605. The summed E-state index contributed by atoms with van der Waals surface area (Å²) in [5, 5.41) is 20.6. The second-order valence-electron chi connectivity index (χ2n) is 7.65. The first kappa shape index (κ1) is 23.8. The van der Waals surface area contributed by atoms with Crippen molar-refractivity contribution in [3.8, 4) is 34.5 Å². The van der Waals surface area contributed by atoms with E-state index in [0.717, 1.165) is 16.7 Å². The monoisotopic (exact) mass is 448 g/mol. The number of rotatable bonds is 9. The van der Waals surface area contributed by atoms with Gasteiger partial charge in [0.2, 0.25) is 11.5 Å². The lowest BCUT2D eigenvalue weighted by Crippen LogP contribution is -2.35. The summed E-state index contributed by atoms with van der Waals surface area (Å²) in [4.78, 5) is 0. The summed E-state index contributed by atoms with van der Waals surface area (Å²) in [5.74, 6) is 2.28. The van der Waals surface area contributed by atoms with Crippen molar-refractivity contribution in [1.29, 1.82) is 0 Å². The van der Waals surface area contributed by atoms with Crippen LogP contribution >= 0.6 is 0 Å². The smallest absolute Gasteiger partial charge is 0.203 e. The fourth-order valence-electron chi connectivity index (χ4n) is 4.81. The highest BCUT2D eigenvalue weighted by atomic mass is 16.5. The Hall–Kier alpha value is -2.84. The number of methoxy groups -OCH3 is 6. The molecular weight excluding hydrogens is 416 g/mol. The third kappa shape index (κ3) is 3.89. The SMILES string of the molecule is COc1cc([C@H]2c3c(cc(OC)c(OC)c3OC)C[C@@H](CO)[C@H]2CO)cc(OC)c1OC. The first-order valence-corrected chi connectivity index (χ1v) is 10.4. The third-order valence-corrected chi connectivity index (χ3v) is 6.27. The summed E-state index contributed by atoms with van der Waals surface area (Å²) in [6, 6.07) is 5.65. The van der Waals surface area contributed by atoms with Crippen molar-refractivity contribution in [2.45, 2.75) is 12.3 Å². The maximum Gasteiger partial charge on any atom is 0.203 e. The van der Waals surface area contributed by atoms with Gasteiger partial charge in [-0.1, -0.05) is 0 Å². The highest BCUT2D eigenvalue weighted by Crippen LogP contribution is 2.54. The molecule has 0 spiro atoms. The van der Waals surface area contributed by atoms with E-state index in [-0.39, 0.29) is 31.0 Å². The Morgan fingerprint density at radius 1 is 0.688 bits per heavy atom. The van der Waals surface area contributed by atoms with E-state index in [2.05, 4.69) is 0 Å². The predicted molar refractivity (Wildman–Crippen MR) is 119 cm³/mol. The molecule has 3 atom stereocenters. The van der Waals surface area contributed by atoms with Gasteiger partial charge in [0.15, 0.2) is 23.0 Å². The van der Waals surface area contributed by atoms with Gasteiger partial charge in [-0.25, -0.2) is 0 Å². The molecule has 2 aromatic carbocycles. The Kier molecular flexibility index (Phi) is 7.58. The lowest BCUT2D eigenvalue weighted by molar-refractivity contribution is 0.0999. The van der Waals surface area contributed by atoms with Crippen LogP contribution in [0.15, 0.2) is 18.2 Å². The van der Waals surface area contributed by atoms with Gasteiger partial charge in [-0.3, -0.25) is 0 Å². The van der Waals surface area contributed by atoms with E-state index in [4.69, 9.17) is 28.4 Å². The molecular formula is C24H32O8. The molecule has 0 unspecified atom stereocenters. The normalized spacial score (nSPS) is 19.7. The Morgan fingerprint density at radius 3 is 1.66 bits per heavy atom. The molecule has 3 rings (SSSR count). The van der Waals surface area contributed by atoms with Crippen LogP contribution in [0.1, 0.15) is 22.6 Å². The van der Waals surface area contributed by atoms with E-state index >= 15 is 0 Å². The summed E-state index contributed by atoms with van der Waals surface area (Å²) in [5.41, 5.74) is 2.67. The van der Waals surface area contributed by atoms with Gasteiger partial charge in [-0.05, 0) is 47.6 Å². The maximum atomic E-state index is 10.4. The second-order valence-corrected chi connectivity index (χ2v) is 7.65. The van der Waals surface area contributed by atoms with Crippen molar-refractivity contribution in [2.75, 3.05) is 55.9 Å². The van der Waals surface area contributed by atoms with E-state index in [1.54, 1.807) is 42.7 Å². The zero-order valence-corrected chi connectivity index (χ0v) is 19.4. The lowest BCUT2D eigenvalue weighted by atomic mass is 9.66. The first-order chi connectivity index (χ1) is 15.5. The number of hydrogen-bond acceptors (Lipinski definition) is 8. The Bertz CT molecular complexity index is 917. The van der Waals surface area contributed by atoms with Crippen LogP contribution < -0.4 is 28.4 Å². The van der Waals surface area contributed by atoms with Gasteiger partial charge in [-0.2, -0.15) is 0 Å². The summed E-state index contributed by atoms with van der Waals surface area (Å²) in [6.45, 7) is -0.189. The fraction of sp³-hybridized carbons (Fsp3) is 0.500. The molecule has 0 radical (unpaired) electrons. The third-order valence-electron chi connectivity index (χ3n) is 6.27. The number of fused-ring (bicyclic) bond motifs is 1. The summed E-state index contributed by atoms with van der Waals surface area (Å²) in [6.07, 6.45) is 0.564. The van der Waals surface area contributed by atoms with Gasteiger partial charge in [0.25, 0.3) is 0 Å². The van der Waals surface area contributed by atoms with Gasteiger partial charge in [-0.15, -0.1) is 0 Å². The van der Waals surface area contributed by atoms with E-state index in [1.807, 2.05) is 18.2 Å². The van der Waals surface area contributed by atoms with Gasteiger partial charge >= 0.3 is 0 Å². The Morgan fingerprint density at radius 2 is 1.22 bits per heavy atom. The first-order valence-electron chi connectivity index (χ1n) is 10.4. The Balaban J connectivity index is 2.36. The molecule has 0 amide bonds. The molecule has 8 heteroatoms. The minimum Gasteiger partial charge on any atom is -0.493 e.